The minimum Gasteiger partial charge on any atom is -0.496 e. The normalized spacial score (nSPS) is 11.5. The molecule has 0 saturated carbocycles. The number of nitrogens with zero attached hydrogens (tertiary/aromatic N) is 1. The van der Waals surface area contributed by atoms with Gasteiger partial charge in [0.15, 0.2) is 0 Å². The molecule has 0 aliphatic carbocycles. The molecular weight excluding hydrogens is 228 g/mol. The molecule has 1 rings (SSSR count). The quantitative estimate of drug-likeness (QED) is 0.836. The number of carbonyl (C=O) groups excluding carboxylic acids is 1. The second-order valence-corrected chi connectivity index (χ2v) is 5.50. The predicted octanol–water partition coefficient (Wildman–Crippen LogP) is 2.20. The third-order valence-electron chi connectivity index (χ3n) is 2.59. The minimum absolute atomic E-state index is 0.0697. The lowest BCUT2D eigenvalue weighted by atomic mass is 9.85. The summed E-state index contributed by atoms with van der Waals surface area (Å²) in [6.45, 7) is 6.29. The van der Waals surface area contributed by atoms with Crippen molar-refractivity contribution >= 4 is 5.91 Å². The van der Waals surface area contributed by atoms with Crippen molar-refractivity contribution in [3.05, 3.63) is 29.3 Å². The second kappa shape index (κ2) is 5.40. The van der Waals surface area contributed by atoms with Crippen molar-refractivity contribution in [3.63, 3.8) is 0 Å². The van der Waals surface area contributed by atoms with Crippen molar-refractivity contribution in [2.75, 3.05) is 21.2 Å². The molecule has 0 atom stereocenters. The number of ether oxygens (including phenoxy) is 1. The number of methoxy groups -OCH3 is 1. The smallest absolute Gasteiger partial charge is 0.265 e. The molecule has 4 heteroatoms. The van der Waals surface area contributed by atoms with Gasteiger partial charge in [0.1, 0.15) is 5.75 Å². The summed E-state index contributed by atoms with van der Waals surface area (Å²) in [4.78, 5) is 11.9. The van der Waals surface area contributed by atoms with Gasteiger partial charge in [-0.05, 0) is 23.6 Å². The van der Waals surface area contributed by atoms with Crippen LogP contribution in [-0.2, 0) is 5.41 Å². The van der Waals surface area contributed by atoms with Crippen LogP contribution in [-0.4, -0.2) is 32.1 Å². The third-order valence-corrected chi connectivity index (χ3v) is 2.59. The van der Waals surface area contributed by atoms with Crippen LogP contribution in [0.1, 0.15) is 36.7 Å². The maximum Gasteiger partial charge on any atom is 0.265 e. The van der Waals surface area contributed by atoms with Crippen LogP contribution in [0.5, 0.6) is 5.75 Å². The lowest BCUT2D eigenvalue weighted by Gasteiger charge is -2.23. The molecular formula is C14H22N2O2. The number of carbonyl (C=O) groups is 1. The van der Waals surface area contributed by atoms with Gasteiger partial charge in [-0.3, -0.25) is 10.2 Å². The molecule has 18 heavy (non-hydrogen) atoms. The van der Waals surface area contributed by atoms with E-state index in [9.17, 15) is 4.79 Å². The highest BCUT2D eigenvalue weighted by molar-refractivity contribution is 5.94. The van der Waals surface area contributed by atoms with Crippen LogP contribution in [0.4, 0.5) is 0 Å². The standard InChI is InChI=1S/C14H22N2O2/c1-14(2,3)11-9-10(7-8-12(11)18-6)13(17)15-16(4)5/h7-9H,1-6H3,(H,15,17). The molecule has 100 valence electrons. The molecule has 4 nitrogen and oxygen atoms in total. The van der Waals surface area contributed by atoms with Gasteiger partial charge in [-0.15, -0.1) is 0 Å². The van der Waals surface area contributed by atoms with Crippen molar-refractivity contribution in [3.8, 4) is 5.75 Å². The number of hydrazine groups is 1. The van der Waals surface area contributed by atoms with Gasteiger partial charge < -0.3 is 4.74 Å². The monoisotopic (exact) mass is 250 g/mol. The highest BCUT2D eigenvalue weighted by atomic mass is 16.5. The van der Waals surface area contributed by atoms with E-state index in [4.69, 9.17) is 4.74 Å². The summed E-state index contributed by atoms with van der Waals surface area (Å²) in [6, 6.07) is 5.50. The van der Waals surface area contributed by atoms with E-state index < -0.39 is 0 Å². The number of rotatable bonds is 3. The van der Waals surface area contributed by atoms with Crippen molar-refractivity contribution in [1.29, 1.82) is 0 Å². The van der Waals surface area contributed by atoms with Gasteiger partial charge >= 0.3 is 0 Å². The van der Waals surface area contributed by atoms with Crippen molar-refractivity contribution < 1.29 is 9.53 Å². The Kier molecular flexibility index (Phi) is 4.35. The lowest BCUT2D eigenvalue weighted by molar-refractivity contribution is 0.0856. The first-order valence-electron chi connectivity index (χ1n) is 5.92. The topological polar surface area (TPSA) is 41.6 Å². The van der Waals surface area contributed by atoms with Crippen LogP contribution in [0.2, 0.25) is 0 Å². The number of hydrogen-bond acceptors (Lipinski definition) is 3. The zero-order chi connectivity index (χ0) is 13.9. The maximum atomic E-state index is 11.9. The summed E-state index contributed by atoms with van der Waals surface area (Å²) in [7, 11) is 5.21. The predicted molar refractivity (Wildman–Crippen MR) is 72.8 cm³/mol. The molecule has 0 aliphatic rings. The van der Waals surface area contributed by atoms with Crippen LogP contribution >= 0.6 is 0 Å². The first-order valence-corrected chi connectivity index (χ1v) is 5.92. The van der Waals surface area contributed by atoms with E-state index in [-0.39, 0.29) is 11.3 Å². The lowest BCUT2D eigenvalue weighted by Crippen LogP contribution is -2.36. The Bertz CT molecular complexity index is 434. The molecule has 0 saturated heterocycles. The molecule has 0 bridgehead atoms. The fourth-order valence-electron chi connectivity index (χ4n) is 1.70. The Hall–Kier alpha value is -1.55. The van der Waals surface area contributed by atoms with Crippen LogP contribution in [0, 0.1) is 0 Å². The van der Waals surface area contributed by atoms with Gasteiger partial charge in [-0.2, -0.15) is 0 Å². The molecule has 0 aliphatic heterocycles. The average Bonchev–Trinajstić information content (AvgIpc) is 2.26. The summed E-state index contributed by atoms with van der Waals surface area (Å²) >= 11 is 0. The largest absolute Gasteiger partial charge is 0.496 e. The summed E-state index contributed by atoms with van der Waals surface area (Å²) in [5.74, 6) is 0.692. The Morgan fingerprint density at radius 2 is 1.89 bits per heavy atom. The zero-order valence-corrected chi connectivity index (χ0v) is 12.0. The molecule has 0 fully saturated rings. The molecule has 0 spiro atoms. The fraction of sp³-hybridized carbons (Fsp3) is 0.500. The molecule has 1 aromatic carbocycles. The van der Waals surface area contributed by atoms with E-state index in [1.54, 1.807) is 32.3 Å². The highest BCUT2D eigenvalue weighted by Crippen LogP contribution is 2.31. The Morgan fingerprint density at radius 1 is 1.28 bits per heavy atom. The van der Waals surface area contributed by atoms with Gasteiger partial charge in [0.2, 0.25) is 0 Å². The number of amides is 1. The van der Waals surface area contributed by atoms with Crippen LogP contribution < -0.4 is 10.2 Å². The molecule has 0 unspecified atom stereocenters. The van der Waals surface area contributed by atoms with Gasteiger partial charge in [0, 0.05) is 25.2 Å². The van der Waals surface area contributed by atoms with Crippen molar-refractivity contribution in [2.24, 2.45) is 0 Å². The Balaban J connectivity index is 3.15. The SMILES string of the molecule is COc1ccc(C(=O)NN(C)C)cc1C(C)(C)C. The molecule has 1 aromatic rings. The third kappa shape index (κ3) is 3.47. The van der Waals surface area contributed by atoms with E-state index in [0.717, 1.165) is 11.3 Å². The summed E-state index contributed by atoms with van der Waals surface area (Å²) in [5.41, 5.74) is 4.32. The minimum atomic E-state index is -0.117. The fourth-order valence-corrected chi connectivity index (χ4v) is 1.70. The van der Waals surface area contributed by atoms with Crippen LogP contribution in [0.25, 0.3) is 0 Å². The first-order chi connectivity index (χ1) is 8.25. The van der Waals surface area contributed by atoms with E-state index in [0.29, 0.717) is 5.56 Å². The van der Waals surface area contributed by atoms with E-state index >= 15 is 0 Å². The molecule has 0 aromatic heterocycles. The van der Waals surface area contributed by atoms with Crippen LogP contribution in [0.3, 0.4) is 0 Å². The summed E-state index contributed by atoms with van der Waals surface area (Å²) in [5, 5.41) is 1.63. The number of nitrogens with one attached hydrogen (secondary N) is 1. The van der Waals surface area contributed by atoms with Crippen molar-refractivity contribution in [1.82, 2.24) is 10.4 Å². The van der Waals surface area contributed by atoms with E-state index in [1.807, 2.05) is 12.1 Å². The Labute approximate surface area is 109 Å². The van der Waals surface area contributed by atoms with Crippen molar-refractivity contribution in [2.45, 2.75) is 26.2 Å². The van der Waals surface area contributed by atoms with E-state index in [1.165, 1.54) is 0 Å². The Morgan fingerprint density at radius 3 is 2.33 bits per heavy atom. The maximum absolute atomic E-state index is 11.9. The molecule has 1 N–H and O–H groups in total. The zero-order valence-electron chi connectivity index (χ0n) is 12.0. The second-order valence-electron chi connectivity index (χ2n) is 5.50. The van der Waals surface area contributed by atoms with Gasteiger partial charge in [-0.1, -0.05) is 20.8 Å². The molecule has 0 radical (unpaired) electrons. The summed E-state index contributed by atoms with van der Waals surface area (Å²) in [6.07, 6.45) is 0. The molecule has 1 amide bonds. The highest BCUT2D eigenvalue weighted by Gasteiger charge is 2.20. The first kappa shape index (κ1) is 14.5. The average molecular weight is 250 g/mol. The number of benzene rings is 1. The molecule has 0 heterocycles. The van der Waals surface area contributed by atoms with Gasteiger partial charge in [0.25, 0.3) is 5.91 Å². The van der Waals surface area contributed by atoms with Gasteiger partial charge in [0.05, 0.1) is 7.11 Å². The van der Waals surface area contributed by atoms with Crippen LogP contribution in [0.15, 0.2) is 18.2 Å². The number of hydrogen-bond donors (Lipinski definition) is 1. The van der Waals surface area contributed by atoms with Gasteiger partial charge in [-0.25, -0.2) is 5.01 Å². The summed E-state index contributed by atoms with van der Waals surface area (Å²) < 4.78 is 5.35. The van der Waals surface area contributed by atoms with E-state index in [2.05, 4.69) is 26.2 Å².